The predicted molar refractivity (Wildman–Crippen MR) is 115 cm³/mol. The lowest BCUT2D eigenvalue weighted by Crippen LogP contribution is -2.59. The van der Waals surface area contributed by atoms with E-state index in [0.29, 0.717) is 25.4 Å². The lowest BCUT2D eigenvalue weighted by molar-refractivity contribution is -0.145. The van der Waals surface area contributed by atoms with E-state index in [1.165, 1.54) is 5.56 Å². The van der Waals surface area contributed by atoms with Crippen LogP contribution in [0.15, 0.2) is 18.2 Å². The number of likely N-dealkylation sites (tertiary alicyclic amines) is 1. The molecule has 0 radical (unpaired) electrons. The lowest BCUT2D eigenvalue weighted by atomic mass is 9.80. The number of piperidine rings is 2. The van der Waals surface area contributed by atoms with E-state index in [0.717, 1.165) is 43.4 Å². The smallest absolute Gasteiger partial charge is 0.248 e. The molecular formula is C24H32N4O3. The Labute approximate surface area is 183 Å². The topological polar surface area (TPSA) is 105 Å². The van der Waals surface area contributed by atoms with Crippen molar-refractivity contribution in [3.8, 4) is 6.07 Å². The number of nitriles is 1. The van der Waals surface area contributed by atoms with Gasteiger partial charge in [-0.3, -0.25) is 14.8 Å². The molecule has 0 unspecified atom stereocenters. The Morgan fingerprint density at radius 1 is 1.29 bits per heavy atom. The monoisotopic (exact) mass is 424 g/mol. The lowest BCUT2D eigenvalue weighted by Gasteiger charge is -2.40. The quantitative estimate of drug-likeness (QED) is 0.509. The van der Waals surface area contributed by atoms with E-state index in [-0.39, 0.29) is 17.2 Å². The van der Waals surface area contributed by atoms with Crippen LogP contribution in [-0.4, -0.2) is 47.6 Å². The Balaban J connectivity index is 1.41. The predicted octanol–water partition coefficient (Wildman–Crippen LogP) is 2.65. The van der Waals surface area contributed by atoms with Gasteiger partial charge in [0, 0.05) is 19.6 Å². The minimum absolute atomic E-state index is 0.0368. The van der Waals surface area contributed by atoms with Crippen LogP contribution in [0.25, 0.3) is 0 Å². The first-order chi connectivity index (χ1) is 14.9. The van der Waals surface area contributed by atoms with Crippen molar-refractivity contribution < 1.29 is 14.8 Å². The van der Waals surface area contributed by atoms with Crippen LogP contribution in [0.1, 0.15) is 74.5 Å². The van der Waals surface area contributed by atoms with E-state index >= 15 is 0 Å². The highest BCUT2D eigenvalue weighted by Crippen LogP contribution is 2.52. The summed E-state index contributed by atoms with van der Waals surface area (Å²) >= 11 is 0. The summed E-state index contributed by atoms with van der Waals surface area (Å²) in [6.07, 6.45) is 4.53. The summed E-state index contributed by atoms with van der Waals surface area (Å²) in [5, 5.41) is 21.8. The second-order valence-corrected chi connectivity index (χ2v) is 9.86. The molecule has 0 aromatic heterocycles. The zero-order valence-electron chi connectivity index (χ0n) is 18.4. The molecule has 7 nitrogen and oxygen atoms in total. The zero-order chi connectivity index (χ0) is 22.2. The van der Waals surface area contributed by atoms with Crippen molar-refractivity contribution >= 4 is 11.8 Å². The Bertz CT molecular complexity index is 895. The van der Waals surface area contributed by atoms with Crippen molar-refractivity contribution in [1.82, 2.24) is 15.7 Å². The Morgan fingerprint density at radius 2 is 2.00 bits per heavy atom. The van der Waals surface area contributed by atoms with Crippen molar-refractivity contribution in [2.45, 2.75) is 63.8 Å². The molecule has 4 rings (SSSR count). The minimum Gasteiger partial charge on any atom is -0.341 e. The van der Waals surface area contributed by atoms with Crippen LogP contribution in [0.2, 0.25) is 0 Å². The van der Waals surface area contributed by atoms with E-state index in [9.17, 15) is 20.1 Å². The van der Waals surface area contributed by atoms with E-state index < -0.39 is 17.9 Å². The van der Waals surface area contributed by atoms with Gasteiger partial charge in [-0.1, -0.05) is 26.0 Å². The van der Waals surface area contributed by atoms with Crippen molar-refractivity contribution in [1.29, 1.82) is 5.26 Å². The molecule has 1 saturated carbocycles. The highest BCUT2D eigenvalue weighted by molar-refractivity contribution is 5.90. The Morgan fingerprint density at radius 3 is 2.58 bits per heavy atom. The second kappa shape index (κ2) is 8.60. The Hall–Kier alpha value is -2.43. The van der Waals surface area contributed by atoms with Crippen LogP contribution in [-0.2, 0) is 9.59 Å². The van der Waals surface area contributed by atoms with Crippen molar-refractivity contribution in [2.75, 3.05) is 19.6 Å². The molecule has 1 spiro atoms. The number of benzene rings is 1. The first-order valence-electron chi connectivity index (χ1n) is 11.4. The maximum atomic E-state index is 13.3. The zero-order valence-corrected chi connectivity index (χ0v) is 18.4. The molecule has 1 aromatic rings. The fourth-order valence-corrected chi connectivity index (χ4v) is 5.31. The van der Waals surface area contributed by atoms with Gasteiger partial charge in [-0.25, -0.2) is 5.48 Å². The molecule has 31 heavy (non-hydrogen) atoms. The SMILES string of the molecule is CC(C)c1cc(C2CCN(C(=O)[C@H]3NCC4(CC4)C[C@@H]3C(=O)NO)CC2)ccc1C#N. The molecule has 3 fully saturated rings. The molecule has 2 aliphatic heterocycles. The average Bonchev–Trinajstić information content (AvgIpc) is 3.56. The molecule has 166 valence electrons. The number of rotatable bonds is 4. The summed E-state index contributed by atoms with van der Waals surface area (Å²) in [7, 11) is 0. The third kappa shape index (κ3) is 4.32. The maximum Gasteiger partial charge on any atom is 0.248 e. The normalized spacial score (nSPS) is 25.3. The van der Waals surface area contributed by atoms with Crippen LogP contribution in [0.5, 0.6) is 0 Å². The highest BCUT2D eigenvalue weighted by Gasteiger charge is 2.52. The summed E-state index contributed by atoms with van der Waals surface area (Å²) in [6, 6.07) is 7.83. The van der Waals surface area contributed by atoms with Crippen molar-refractivity contribution in [3.63, 3.8) is 0 Å². The fraction of sp³-hybridized carbons (Fsp3) is 0.625. The van der Waals surface area contributed by atoms with Gasteiger partial charge in [0.15, 0.2) is 0 Å². The highest BCUT2D eigenvalue weighted by atomic mass is 16.5. The average molecular weight is 425 g/mol. The largest absolute Gasteiger partial charge is 0.341 e. The molecule has 1 aromatic carbocycles. The van der Waals surface area contributed by atoms with E-state index in [4.69, 9.17) is 0 Å². The first kappa shape index (κ1) is 21.8. The number of hydrogen-bond donors (Lipinski definition) is 3. The van der Waals surface area contributed by atoms with Crippen LogP contribution in [0, 0.1) is 22.7 Å². The van der Waals surface area contributed by atoms with Crippen LogP contribution < -0.4 is 10.8 Å². The number of amides is 2. The van der Waals surface area contributed by atoms with E-state index in [1.54, 1.807) is 5.48 Å². The molecular weight excluding hydrogens is 392 g/mol. The molecule has 7 heteroatoms. The van der Waals surface area contributed by atoms with E-state index in [2.05, 4.69) is 31.3 Å². The summed E-state index contributed by atoms with van der Waals surface area (Å²) in [5.41, 5.74) is 4.95. The molecule has 3 N–H and O–H groups in total. The number of hydrogen-bond acceptors (Lipinski definition) is 5. The molecule has 2 atom stereocenters. The molecule has 3 aliphatic rings. The molecule has 2 amide bonds. The third-order valence-electron chi connectivity index (χ3n) is 7.52. The van der Waals surface area contributed by atoms with Crippen molar-refractivity contribution in [2.24, 2.45) is 11.3 Å². The molecule has 2 heterocycles. The minimum atomic E-state index is -0.572. The number of nitrogens with one attached hydrogen (secondary N) is 2. The Kier molecular flexibility index (Phi) is 6.05. The van der Waals surface area contributed by atoms with Gasteiger partial charge in [0.05, 0.1) is 23.6 Å². The van der Waals surface area contributed by atoms with Gasteiger partial charge in [-0.15, -0.1) is 0 Å². The maximum absolute atomic E-state index is 13.3. The summed E-state index contributed by atoms with van der Waals surface area (Å²) < 4.78 is 0. The van der Waals surface area contributed by atoms with Gasteiger partial charge in [0.25, 0.3) is 0 Å². The summed E-state index contributed by atoms with van der Waals surface area (Å²) in [6.45, 7) is 6.26. The summed E-state index contributed by atoms with van der Waals surface area (Å²) in [5.74, 6) is -0.382. The third-order valence-corrected chi connectivity index (χ3v) is 7.52. The van der Waals surface area contributed by atoms with Crippen molar-refractivity contribution in [3.05, 3.63) is 34.9 Å². The van der Waals surface area contributed by atoms with Gasteiger partial charge in [-0.2, -0.15) is 5.26 Å². The van der Waals surface area contributed by atoms with Crippen LogP contribution in [0.3, 0.4) is 0 Å². The van der Waals surface area contributed by atoms with Gasteiger partial charge < -0.3 is 10.2 Å². The first-order valence-corrected chi connectivity index (χ1v) is 11.4. The molecule has 2 saturated heterocycles. The number of hydroxylamine groups is 1. The number of carbonyl (C=O) groups excluding carboxylic acids is 2. The fourth-order valence-electron chi connectivity index (χ4n) is 5.31. The standard InChI is InChI=1S/C24H32N4O3/c1-15(2)19-11-17(3-4-18(19)13-25)16-5-9-28(10-6-16)23(30)21-20(22(29)27-31)12-24(7-8-24)14-26-21/h3-4,11,15-16,20-21,26,31H,5-10,12,14H2,1-2H3,(H,27,29)/t20-,21-/m0/s1. The molecule has 0 bridgehead atoms. The number of nitrogens with zero attached hydrogens (tertiary/aromatic N) is 2. The van der Waals surface area contributed by atoms with Gasteiger partial charge in [0.2, 0.25) is 11.8 Å². The van der Waals surface area contributed by atoms with Gasteiger partial charge >= 0.3 is 0 Å². The van der Waals surface area contributed by atoms with E-state index in [1.807, 2.05) is 17.0 Å². The second-order valence-electron chi connectivity index (χ2n) is 9.86. The summed E-state index contributed by atoms with van der Waals surface area (Å²) in [4.78, 5) is 27.4. The van der Waals surface area contributed by atoms with Crippen LogP contribution in [0.4, 0.5) is 0 Å². The van der Waals surface area contributed by atoms with Crippen LogP contribution >= 0.6 is 0 Å². The van der Waals surface area contributed by atoms with Gasteiger partial charge in [0.1, 0.15) is 0 Å². The number of carbonyl (C=O) groups is 2. The van der Waals surface area contributed by atoms with Gasteiger partial charge in [-0.05, 0) is 66.5 Å². The molecule has 1 aliphatic carbocycles.